The van der Waals surface area contributed by atoms with Crippen LogP contribution in [-0.2, 0) is 17.6 Å². The van der Waals surface area contributed by atoms with Gasteiger partial charge in [0, 0.05) is 18.3 Å². The summed E-state index contributed by atoms with van der Waals surface area (Å²) in [6.45, 7) is 5.41. The van der Waals surface area contributed by atoms with Crippen LogP contribution in [-0.4, -0.2) is 39.0 Å². The van der Waals surface area contributed by atoms with Gasteiger partial charge in [0.2, 0.25) is 11.9 Å². The van der Waals surface area contributed by atoms with Crippen molar-refractivity contribution in [3.8, 4) is 17.0 Å². The van der Waals surface area contributed by atoms with Crippen LogP contribution in [0.4, 0.5) is 5.95 Å². The molecule has 0 radical (unpaired) electrons. The van der Waals surface area contributed by atoms with Crippen molar-refractivity contribution < 1.29 is 9.53 Å². The van der Waals surface area contributed by atoms with Crippen LogP contribution >= 0.6 is 0 Å². The van der Waals surface area contributed by atoms with Crippen molar-refractivity contribution in [1.82, 2.24) is 25.3 Å². The van der Waals surface area contributed by atoms with Crippen LogP contribution in [0.25, 0.3) is 22.3 Å². The first-order chi connectivity index (χ1) is 16.4. The smallest absolute Gasteiger partial charge is 0.224 e. The summed E-state index contributed by atoms with van der Waals surface area (Å²) in [5.74, 6) is 2.59. The van der Waals surface area contributed by atoms with Gasteiger partial charge in [-0.2, -0.15) is 0 Å². The Labute approximate surface area is 198 Å². The van der Waals surface area contributed by atoms with Gasteiger partial charge in [-0.05, 0) is 47.7 Å². The number of hydrogen-bond acceptors (Lipinski definition) is 6. The van der Waals surface area contributed by atoms with E-state index in [2.05, 4.69) is 40.2 Å². The largest absolute Gasteiger partial charge is 0.493 e. The molecule has 4 aromatic rings. The molecule has 8 nitrogen and oxygen atoms in total. The average Bonchev–Trinajstić information content (AvgIpc) is 3.26. The highest BCUT2D eigenvalue weighted by molar-refractivity contribution is 5.81. The second-order valence-electron chi connectivity index (χ2n) is 9.18. The van der Waals surface area contributed by atoms with Gasteiger partial charge < -0.3 is 20.8 Å². The Balaban J connectivity index is 1.34. The van der Waals surface area contributed by atoms with Gasteiger partial charge in [-0.25, -0.2) is 15.0 Å². The van der Waals surface area contributed by atoms with E-state index in [9.17, 15) is 4.79 Å². The summed E-state index contributed by atoms with van der Waals surface area (Å²) in [7, 11) is 0. The fourth-order valence-corrected chi connectivity index (χ4v) is 4.22. The molecule has 5 rings (SSSR count). The number of rotatable bonds is 6. The van der Waals surface area contributed by atoms with E-state index in [-0.39, 0.29) is 17.8 Å². The van der Waals surface area contributed by atoms with Gasteiger partial charge in [0.15, 0.2) is 0 Å². The predicted octanol–water partition coefficient (Wildman–Crippen LogP) is 3.64. The number of nitrogen functional groups attached to an aromatic ring is 1. The lowest BCUT2D eigenvalue weighted by atomic mass is 9.94. The third-order valence-corrected chi connectivity index (χ3v) is 5.96. The minimum absolute atomic E-state index is 0.0421. The summed E-state index contributed by atoms with van der Waals surface area (Å²) < 4.78 is 6.04. The number of nitrogens with one attached hydrogen (secondary N) is 2. The first kappa shape index (κ1) is 21.9. The molecule has 174 valence electrons. The second-order valence-corrected chi connectivity index (χ2v) is 9.18. The van der Waals surface area contributed by atoms with E-state index in [1.165, 1.54) is 0 Å². The molecule has 1 amide bonds. The third kappa shape index (κ3) is 4.71. The highest BCUT2D eigenvalue weighted by atomic mass is 16.5. The van der Waals surface area contributed by atoms with Gasteiger partial charge in [0.25, 0.3) is 0 Å². The van der Waals surface area contributed by atoms with Crippen LogP contribution in [0.3, 0.4) is 0 Å². The van der Waals surface area contributed by atoms with Crippen LogP contribution in [0.5, 0.6) is 5.75 Å². The van der Waals surface area contributed by atoms with Crippen molar-refractivity contribution in [1.29, 1.82) is 0 Å². The highest BCUT2D eigenvalue weighted by Gasteiger charge is 2.24. The Morgan fingerprint density at radius 1 is 1.21 bits per heavy atom. The quantitative estimate of drug-likeness (QED) is 0.408. The first-order valence-corrected chi connectivity index (χ1v) is 11.5. The molecule has 2 aromatic heterocycles. The molecule has 0 aliphatic carbocycles. The monoisotopic (exact) mass is 456 g/mol. The van der Waals surface area contributed by atoms with Gasteiger partial charge in [-0.15, -0.1) is 0 Å². The second kappa shape index (κ2) is 9.13. The summed E-state index contributed by atoms with van der Waals surface area (Å²) >= 11 is 0. The number of hydrogen-bond donors (Lipinski definition) is 3. The van der Waals surface area contributed by atoms with Crippen molar-refractivity contribution in [3.63, 3.8) is 0 Å². The molecule has 0 saturated carbocycles. The zero-order chi connectivity index (χ0) is 23.7. The lowest BCUT2D eigenvalue weighted by Crippen LogP contribution is -2.28. The molecule has 3 heterocycles. The number of carbonyl (C=O) groups excluding carboxylic acids is 1. The van der Waals surface area contributed by atoms with Crippen LogP contribution < -0.4 is 15.8 Å². The number of amides is 1. The Hall–Kier alpha value is -3.94. The number of nitrogens with two attached hydrogens (primary N) is 1. The summed E-state index contributed by atoms with van der Waals surface area (Å²) in [4.78, 5) is 28.8. The van der Waals surface area contributed by atoms with E-state index >= 15 is 0 Å². The van der Waals surface area contributed by atoms with Crippen LogP contribution in [0.1, 0.15) is 36.7 Å². The van der Waals surface area contributed by atoms with E-state index in [1.54, 1.807) is 6.20 Å². The summed E-state index contributed by atoms with van der Waals surface area (Å²) in [5, 5.41) is 2.98. The molecule has 0 fully saturated rings. The fraction of sp³-hybridized carbons (Fsp3) is 0.308. The number of anilines is 1. The zero-order valence-corrected chi connectivity index (χ0v) is 19.3. The normalized spacial score (nSPS) is 15.2. The molecule has 0 bridgehead atoms. The van der Waals surface area contributed by atoms with Crippen molar-refractivity contribution in [2.45, 2.75) is 32.6 Å². The molecule has 1 unspecified atom stereocenters. The Kier molecular flexibility index (Phi) is 5.88. The zero-order valence-electron chi connectivity index (χ0n) is 19.3. The van der Waals surface area contributed by atoms with Crippen molar-refractivity contribution in [2.75, 3.05) is 18.9 Å². The molecular formula is C26H28N6O2. The van der Waals surface area contributed by atoms with E-state index in [0.29, 0.717) is 25.5 Å². The van der Waals surface area contributed by atoms with Crippen LogP contribution in [0, 0.1) is 5.92 Å². The van der Waals surface area contributed by atoms with Gasteiger partial charge in [0.05, 0.1) is 35.7 Å². The molecule has 1 aliphatic rings. The number of benzene rings is 2. The fourth-order valence-electron chi connectivity index (χ4n) is 4.22. The number of fused-ring (bicyclic) bond motifs is 2. The SMILES string of the molecule is CC(C)CNC(=O)Cc1ccc2c(c1)CC(c1nc3ccc(-c4ccnc(N)n4)cc3[nH]1)CO2. The van der Waals surface area contributed by atoms with Gasteiger partial charge in [0.1, 0.15) is 11.6 Å². The molecule has 1 aliphatic heterocycles. The summed E-state index contributed by atoms with van der Waals surface area (Å²) in [6, 6.07) is 13.8. The minimum atomic E-state index is 0.0421. The number of nitrogens with zero attached hydrogens (tertiary/aromatic N) is 3. The molecule has 34 heavy (non-hydrogen) atoms. The molecule has 2 aromatic carbocycles. The van der Waals surface area contributed by atoms with Gasteiger partial charge in [-0.1, -0.05) is 32.0 Å². The highest BCUT2D eigenvalue weighted by Crippen LogP contribution is 2.33. The number of imidazole rings is 1. The number of carbonyl (C=O) groups is 1. The molecule has 1 atom stereocenters. The number of aromatic nitrogens is 4. The maximum atomic E-state index is 12.2. The Morgan fingerprint density at radius 2 is 2.09 bits per heavy atom. The standard InChI is InChI=1S/C26H28N6O2/c1-15(2)13-29-24(33)10-16-3-6-23-18(9-16)11-19(14-34-23)25-30-21-5-4-17(12-22(21)31-25)20-7-8-28-26(27)32-20/h3-9,12,15,19H,10-11,13-14H2,1-2H3,(H,29,33)(H,30,31)(H2,27,28,32). The Bertz CT molecular complexity index is 1350. The molecular weight excluding hydrogens is 428 g/mol. The maximum Gasteiger partial charge on any atom is 0.224 e. The van der Waals surface area contributed by atoms with Crippen LogP contribution in [0.2, 0.25) is 0 Å². The van der Waals surface area contributed by atoms with Gasteiger partial charge >= 0.3 is 0 Å². The molecule has 0 spiro atoms. The lowest BCUT2D eigenvalue weighted by Gasteiger charge is -2.24. The van der Waals surface area contributed by atoms with Crippen molar-refractivity contribution in [2.24, 2.45) is 5.92 Å². The number of ether oxygens (including phenoxy) is 1. The van der Waals surface area contributed by atoms with E-state index in [4.69, 9.17) is 15.5 Å². The maximum absolute atomic E-state index is 12.2. The van der Waals surface area contributed by atoms with E-state index < -0.39 is 0 Å². The van der Waals surface area contributed by atoms with Gasteiger partial charge in [-0.3, -0.25) is 4.79 Å². The topological polar surface area (TPSA) is 119 Å². The first-order valence-electron chi connectivity index (χ1n) is 11.5. The van der Waals surface area contributed by atoms with Crippen LogP contribution in [0.15, 0.2) is 48.7 Å². The molecule has 0 saturated heterocycles. The molecule has 8 heteroatoms. The van der Waals surface area contributed by atoms with Crippen molar-refractivity contribution >= 4 is 22.9 Å². The number of H-pyrrole nitrogens is 1. The number of aromatic amines is 1. The minimum Gasteiger partial charge on any atom is -0.493 e. The summed E-state index contributed by atoms with van der Waals surface area (Å²) in [5.41, 5.74) is 11.4. The molecule has 4 N–H and O–H groups in total. The van der Waals surface area contributed by atoms with E-state index in [0.717, 1.165) is 51.4 Å². The third-order valence-electron chi connectivity index (χ3n) is 5.96. The van der Waals surface area contributed by atoms with Crippen molar-refractivity contribution in [3.05, 3.63) is 65.6 Å². The lowest BCUT2D eigenvalue weighted by molar-refractivity contribution is -0.120. The Morgan fingerprint density at radius 3 is 2.91 bits per heavy atom. The summed E-state index contributed by atoms with van der Waals surface area (Å²) in [6.07, 6.45) is 2.82. The average molecular weight is 457 g/mol. The van der Waals surface area contributed by atoms with E-state index in [1.807, 2.05) is 36.4 Å². The predicted molar refractivity (Wildman–Crippen MR) is 131 cm³/mol.